The quantitative estimate of drug-likeness (QED) is 0.689. The van der Waals surface area contributed by atoms with Crippen molar-refractivity contribution in [3.05, 3.63) is 56.2 Å². The molecule has 0 spiro atoms. The number of rotatable bonds is 5. The van der Waals surface area contributed by atoms with E-state index in [9.17, 15) is 4.79 Å². The average Bonchev–Trinajstić information content (AvgIpc) is 3.17. The number of thiocarbonyl (C=S) groups is 1. The van der Waals surface area contributed by atoms with Gasteiger partial charge in [-0.25, -0.2) is 0 Å². The van der Waals surface area contributed by atoms with Gasteiger partial charge in [0.05, 0.1) is 29.8 Å². The Kier molecular flexibility index (Phi) is 7.46. The van der Waals surface area contributed by atoms with Gasteiger partial charge in [-0.1, -0.05) is 29.3 Å². The fourth-order valence-electron chi connectivity index (χ4n) is 2.86. The van der Waals surface area contributed by atoms with E-state index in [4.69, 9.17) is 40.2 Å². The van der Waals surface area contributed by atoms with E-state index in [0.717, 1.165) is 26.3 Å². The number of morpholine rings is 1. The smallest absolute Gasteiger partial charge is 0.258 e. The van der Waals surface area contributed by atoms with Crippen molar-refractivity contribution in [2.75, 3.05) is 32.8 Å². The lowest BCUT2D eigenvalue weighted by atomic mass is 10.2. The number of hydrogen-bond donors (Lipinski definition) is 2. The summed E-state index contributed by atoms with van der Waals surface area (Å²) in [5, 5.41) is 8.91. The summed E-state index contributed by atoms with van der Waals surface area (Å²) in [7, 11) is 0. The molecule has 144 valence electrons. The highest BCUT2D eigenvalue weighted by Crippen LogP contribution is 2.25. The number of benzene rings is 1. The van der Waals surface area contributed by atoms with Crippen molar-refractivity contribution in [2.24, 2.45) is 0 Å². The van der Waals surface area contributed by atoms with Crippen molar-refractivity contribution in [2.45, 2.75) is 6.04 Å². The molecule has 1 amide bonds. The molecule has 2 aromatic rings. The lowest BCUT2D eigenvalue weighted by Crippen LogP contribution is -2.46. The number of thiophene rings is 1. The molecule has 1 unspecified atom stereocenters. The summed E-state index contributed by atoms with van der Waals surface area (Å²) in [5.41, 5.74) is 0.327. The topological polar surface area (TPSA) is 53.6 Å². The second-order valence-electron chi connectivity index (χ2n) is 5.97. The Hall–Kier alpha value is -1.22. The Balaban J connectivity index is 1.59. The van der Waals surface area contributed by atoms with Crippen molar-refractivity contribution in [3.8, 4) is 0 Å². The Morgan fingerprint density at radius 1 is 1.30 bits per heavy atom. The van der Waals surface area contributed by atoms with Gasteiger partial charge in [0, 0.05) is 29.5 Å². The van der Waals surface area contributed by atoms with Crippen LogP contribution >= 0.6 is 46.8 Å². The van der Waals surface area contributed by atoms with Gasteiger partial charge in [-0.15, -0.1) is 11.3 Å². The van der Waals surface area contributed by atoms with Crippen LogP contribution in [-0.4, -0.2) is 48.8 Å². The van der Waals surface area contributed by atoms with Crippen molar-refractivity contribution < 1.29 is 9.53 Å². The molecule has 27 heavy (non-hydrogen) atoms. The molecule has 0 aliphatic carbocycles. The van der Waals surface area contributed by atoms with Gasteiger partial charge in [0.2, 0.25) is 0 Å². The molecule has 3 rings (SSSR count). The summed E-state index contributed by atoms with van der Waals surface area (Å²) in [4.78, 5) is 16.0. The summed E-state index contributed by atoms with van der Waals surface area (Å²) < 4.78 is 5.45. The molecule has 1 aromatic carbocycles. The van der Waals surface area contributed by atoms with Crippen LogP contribution in [0.2, 0.25) is 10.0 Å². The van der Waals surface area contributed by atoms with Crippen LogP contribution in [0.1, 0.15) is 21.3 Å². The lowest BCUT2D eigenvalue weighted by molar-refractivity contribution is 0.0177. The largest absolute Gasteiger partial charge is 0.379 e. The summed E-state index contributed by atoms with van der Waals surface area (Å²) in [5.74, 6) is -0.367. The zero-order valence-corrected chi connectivity index (χ0v) is 17.6. The number of carbonyl (C=O) groups excluding carboxylic acids is 1. The normalized spacial score (nSPS) is 15.9. The Morgan fingerprint density at radius 2 is 2.07 bits per heavy atom. The van der Waals surface area contributed by atoms with Crippen LogP contribution in [0.4, 0.5) is 0 Å². The van der Waals surface area contributed by atoms with E-state index in [0.29, 0.717) is 17.1 Å². The van der Waals surface area contributed by atoms with E-state index in [1.165, 1.54) is 10.9 Å². The first-order chi connectivity index (χ1) is 13.0. The minimum atomic E-state index is -0.367. The first-order valence-corrected chi connectivity index (χ1v) is 10.5. The Bertz CT molecular complexity index is 796. The third kappa shape index (κ3) is 5.63. The van der Waals surface area contributed by atoms with Gasteiger partial charge in [-0.3, -0.25) is 15.0 Å². The van der Waals surface area contributed by atoms with Crippen LogP contribution in [0.25, 0.3) is 0 Å². The van der Waals surface area contributed by atoms with Gasteiger partial charge in [-0.2, -0.15) is 0 Å². The number of nitrogens with zero attached hydrogens (tertiary/aromatic N) is 1. The van der Waals surface area contributed by atoms with Crippen molar-refractivity contribution >= 4 is 57.8 Å². The highest BCUT2D eigenvalue weighted by Gasteiger charge is 2.24. The maximum Gasteiger partial charge on any atom is 0.258 e. The molecular formula is C18H19Cl2N3O2S2. The monoisotopic (exact) mass is 443 g/mol. The van der Waals surface area contributed by atoms with Gasteiger partial charge < -0.3 is 10.1 Å². The van der Waals surface area contributed by atoms with Crippen LogP contribution in [0.3, 0.4) is 0 Å². The zero-order valence-electron chi connectivity index (χ0n) is 14.4. The molecular weight excluding hydrogens is 425 g/mol. The van der Waals surface area contributed by atoms with Crippen molar-refractivity contribution in [3.63, 3.8) is 0 Å². The molecule has 1 fully saturated rings. The molecule has 1 aliphatic rings. The number of halogens is 2. The third-order valence-electron chi connectivity index (χ3n) is 4.22. The molecule has 0 bridgehead atoms. The molecule has 1 aliphatic heterocycles. The Labute approximate surface area is 177 Å². The number of amides is 1. The van der Waals surface area contributed by atoms with E-state index in [1.54, 1.807) is 23.5 Å². The van der Waals surface area contributed by atoms with Crippen LogP contribution in [0.5, 0.6) is 0 Å². The van der Waals surface area contributed by atoms with Gasteiger partial charge in [0.1, 0.15) is 0 Å². The number of carbonyl (C=O) groups is 1. The standard InChI is InChI=1S/C18H19Cl2N3O2S2/c19-12-3-4-13(14(20)10-12)17(24)22-18(26)21-11-15(16-2-1-9-27-16)23-5-7-25-8-6-23/h1-4,9-10,15H,5-8,11H2,(H2,21,22,24,26). The van der Waals surface area contributed by atoms with Crippen molar-refractivity contribution in [1.29, 1.82) is 0 Å². The van der Waals surface area contributed by atoms with E-state index in [1.807, 2.05) is 6.07 Å². The summed E-state index contributed by atoms with van der Waals surface area (Å²) >= 11 is 18.9. The van der Waals surface area contributed by atoms with E-state index >= 15 is 0 Å². The number of hydrogen-bond acceptors (Lipinski definition) is 5. The fraction of sp³-hybridized carbons (Fsp3) is 0.333. The minimum absolute atomic E-state index is 0.169. The number of nitrogens with one attached hydrogen (secondary N) is 2. The number of ether oxygens (including phenoxy) is 1. The van der Waals surface area contributed by atoms with E-state index < -0.39 is 0 Å². The maximum absolute atomic E-state index is 12.4. The average molecular weight is 444 g/mol. The molecule has 0 radical (unpaired) electrons. The lowest BCUT2D eigenvalue weighted by Gasteiger charge is -2.34. The summed E-state index contributed by atoms with van der Waals surface area (Å²) in [6, 6.07) is 9.04. The van der Waals surface area contributed by atoms with Crippen molar-refractivity contribution in [1.82, 2.24) is 15.5 Å². The maximum atomic E-state index is 12.4. The van der Waals surface area contributed by atoms with Gasteiger partial charge in [0.25, 0.3) is 5.91 Å². The molecule has 1 saturated heterocycles. The molecule has 5 nitrogen and oxygen atoms in total. The SMILES string of the molecule is O=C(NC(=S)NCC(c1cccs1)N1CCOCC1)c1ccc(Cl)cc1Cl. The third-order valence-corrected chi connectivity index (χ3v) is 5.98. The highest BCUT2D eigenvalue weighted by atomic mass is 35.5. The van der Waals surface area contributed by atoms with Gasteiger partial charge in [0.15, 0.2) is 5.11 Å². The second-order valence-corrected chi connectivity index (χ2v) is 8.20. The van der Waals surface area contributed by atoms with Crippen LogP contribution < -0.4 is 10.6 Å². The predicted octanol–water partition coefficient (Wildman–Crippen LogP) is 3.73. The first-order valence-electron chi connectivity index (χ1n) is 8.44. The van der Waals surface area contributed by atoms with E-state index in [2.05, 4.69) is 27.0 Å². The van der Waals surface area contributed by atoms with Crippen LogP contribution in [0, 0.1) is 0 Å². The fourth-order valence-corrected chi connectivity index (χ4v) is 4.39. The zero-order chi connectivity index (χ0) is 19.2. The molecule has 2 heterocycles. The van der Waals surface area contributed by atoms with Crippen LogP contribution in [-0.2, 0) is 4.74 Å². The first kappa shape index (κ1) is 20.5. The van der Waals surface area contributed by atoms with E-state index in [-0.39, 0.29) is 22.1 Å². The molecule has 1 aromatic heterocycles. The second kappa shape index (κ2) is 9.82. The van der Waals surface area contributed by atoms with Gasteiger partial charge >= 0.3 is 0 Å². The molecule has 1 atom stereocenters. The predicted molar refractivity (Wildman–Crippen MR) is 114 cm³/mol. The summed E-state index contributed by atoms with van der Waals surface area (Å²) in [6.45, 7) is 3.76. The molecule has 9 heteroatoms. The highest BCUT2D eigenvalue weighted by molar-refractivity contribution is 7.80. The van der Waals surface area contributed by atoms with Gasteiger partial charge in [-0.05, 0) is 41.9 Å². The van der Waals surface area contributed by atoms with Crippen LogP contribution in [0.15, 0.2) is 35.7 Å². The summed E-state index contributed by atoms with van der Waals surface area (Å²) in [6.07, 6.45) is 0. The Morgan fingerprint density at radius 3 is 2.74 bits per heavy atom. The molecule has 0 saturated carbocycles. The minimum Gasteiger partial charge on any atom is -0.379 e. The molecule has 2 N–H and O–H groups in total.